The molecule has 0 bridgehead atoms. The van der Waals surface area contributed by atoms with Crippen molar-refractivity contribution in [1.82, 2.24) is 5.32 Å². The third-order valence-electron chi connectivity index (χ3n) is 1.62. The van der Waals surface area contributed by atoms with E-state index in [1.807, 2.05) is 13.1 Å². The predicted molar refractivity (Wildman–Crippen MR) is 51.6 cm³/mol. The summed E-state index contributed by atoms with van der Waals surface area (Å²) >= 11 is 0. The van der Waals surface area contributed by atoms with Gasteiger partial charge in [0.25, 0.3) is 0 Å². The molecule has 0 fully saturated rings. The summed E-state index contributed by atoms with van der Waals surface area (Å²) in [5, 5.41) is 3.17. The first-order valence-corrected chi connectivity index (χ1v) is 3.91. The Hall–Kier alpha value is -0.820. The molecule has 1 atom stereocenters. The van der Waals surface area contributed by atoms with Crippen LogP contribution in [0, 0.1) is 0 Å². The molecule has 0 aromatic rings. The summed E-state index contributed by atoms with van der Waals surface area (Å²) in [5.41, 5.74) is 0.957. The molecule has 1 N–H and O–H groups in total. The average molecular weight is 151 g/mol. The third kappa shape index (κ3) is 4.57. The minimum atomic E-state index is 0.451. The van der Waals surface area contributed by atoms with Gasteiger partial charge in [0.2, 0.25) is 0 Å². The average Bonchev–Trinajstić information content (AvgIpc) is 2.06. The van der Waals surface area contributed by atoms with Crippen LogP contribution >= 0.6 is 0 Å². The Labute approximate surface area is 69.5 Å². The minimum Gasteiger partial charge on any atom is -0.314 e. The van der Waals surface area contributed by atoms with Crippen LogP contribution < -0.4 is 5.32 Å². The highest BCUT2D eigenvalue weighted by atomic mass is 14.8. The number of nitrogens with one attached hydrogen (secondary N) is 1. The second kappa shape index (κ2) is 5.93. The van der Waals surface area contributed by atoms with Crippen LogP contribution in [0.25, 0.3) is 0 Å². The number of likely N-dealkylation sites (N-methyl/N-ethyl adjacent to an activating group) is 1. The molecule has 0 aliphatic heterocycles. The summed E-state index contributed by atoms with van der Waals surface area (Å²) in [5.74, 6) is 0. The molecule has 0 aromatic carbocycles. The third-order valence-corrected chi connectivity index (χ3v) is 1.62. The quantitative estimate of drug-likeness (QED) is 0.594. The maximum Gasteiger partial charge on any atom is 0.0247 e. The van der Waals surface area contributed by atoms with Gasteiger partial charge in [0.15, 0.2) is 0 Å². The van der Waals surface area contributed by atoms with Crippen molar-refractivity contribution < 1.29 is 0 Å². The molecule has 0 amide bonds. The highest BCUT2D eigenvalue weighted by Crippen LogP contribution is 1.97. The van der Waals surface area contributed by atoms with Crippen LogP contribution in [0.2, 0.25) is 0 Å². The van der Waals surface area contributed by atoms with Crippen LogP contribution in [0.3, 0.4) is 0 Å². The molecule has 11 heavy (non-hydrogen) atoms. The molecule has 0 saturated carbocycles. The lowest BCUT2D eigenvalue weighted by Crippen LogP contribution is -2.21. The molecule has 62 valence electrons. The monoisotopic (exact) mass is 151 g/mol. The Kier molecular flexibility index (Phi) is 5.49. The van der Waals surface area contributed by atoms with Gasteiger partial charge in [-0.1, -0.05) is 38.3 Å². The Bertz CT molecular complexity index is 152. The van der Waals surface area contributed by atoms with Gasteiger partial charge in [-0.05, 0) is 19.0 Å². The zero-order valence-electron chi connectivity index (χ0n) is 7.43. The Morgan fingerprint density at radius 2 is 2.27 bits per heavy atom. The molecule has 0 aliphatic rings. The van der Waals surface area contributed by atoms with Gasteiger partial charge < -0.3 is 5.32 Å². The summed E-state index contributed by atoms with van der Waals surface area (Å²) in [4.78, 5) is 0. The first kappa shape index (κ1) is 10.2. The van der Waals surface area contributed by atoms with Crippen molar-refractivity contribution in [2.24, 2.45) is 0 Å². The van der Waals surface area contributed by atoms with Gasteiger partial charge in [0, 0.05) is 6.04 Å². The topological polar surface area (TPSA) is 12.0 Å². The van der Waals surface area contributed by atoms with E-state index in [0.29, 0.717) is 6.04 Å². The molecular formula is C10H17N. The van der Waals surface area contributed by atoms with E-state index in [0.717, 1.165) is 12.0 Å². The van der Waals surface area contributed by atoms with Gasteiger partial charge in [-0.3, -0.25) is 0 Å². The summed E-state index contributed by atoms with van der Waals surface area (Å²) in [7, 11) is 1.95. The standard InChI is InChI=1S/C10H17N/c1-5-9(3)7-8-10(6-2)11-4/h5,7-8,10-11H,1,3,6H2,2,4H3/b8-7-. The fourth-order valence-electron chi connectivity index (χ4n) is 0.744. The molecule has 0 radical (unpaired) electrons. The fourth-order valence-corrected chi connectivity index (χ4v) is 0.744. The minimum absolute atomic E-state index is 0.451. The molecular weight excluding hydrogens is 134 g/mol. The highest BCUT2D eigenvalue weighted by molar-refractivity contribution is 5.26. The number of hydrogen-bond donors (Lipinski definition) is 1. The van der Waals surface area contributed by atoms with E-state index in [4.69, 9.17) is 0 Å². The second-order valence-electron chi connectivity index (χ2n) is 2.44. The Morgan fingerprint density at radius 1 is 1.64 bits per heavy atom. The lowest BCUT2D eigenvalue weighted by Gasteiger charge is -2.06. The summed E-state index contributed by atoms with van der Waals surface area (Å²) < 4.78 is 0. The Balaban J connectivity index is 3.87. The largest absolute Gasteiger partial charge is 0.314 e. The van der Waals surface area contributed by atoms with Crippen molar-refractivity contribution in [3.05, 3.63) is 37.0 Å². The first-order chi connectivity index (χ1) is 5.24. The smallest absolute Gasteiger partial charge is 0.0247 e. The predicted octanol–water partition coefficient (Wildman–Crippen LogP) is 2.28. The van der Waals surface area contributed by atoms with Crippen molar-refractivity contribution in [2.45, 2.75) is 19.4 Å². The second-order valence-corrected chi connectivity index (χ2v) is 2.44. The van der Waals surface area contributed by atoms with E-state index >= 15 is 0 Å². The van der Waals surface area contributed by atoms with Gasteiger partial charge >= 0.3 is 0 Å². The lowest BCUT2D eigenvalue weighted by atomic mass is 10.2. The van der Waals surface area contributed by atoms with Crippen molar-refractivity contribution in [1.29, 1.82) is 0 Å². The van der Waals surface area contributed by atoms with Crippen molar-refractivity contribution in [2.75, 3.05) is 7.05 Å². The summed E-state index contributed by atoms with van der Waals surface area (Å²) in [6.07, 6.45) is 6.93. The van der Waals surface area contributed by atoms with Gasteiger partial charge in [-0.25, -0.2) is 0 Å². The molecule has 0 aliphatic carbocycles. The molecule has 1 heteroatoms. The zero-order valence-corrected chi connectivity index (χ0v) is 7.43. The molecule has 1 nitrogen and oxygen atoms in total. The normalized spacial score (nSPS) is 13.3. The van der Waals surface area contributed by atoms with E-state index < -0.39 is 0 Å². The van der Waals surface area contributed by atoms with Crippen LogP contribution in [-0.2, 0) is 0 Å². The molecule has 0 saturated heterocycles. The number of rotatable bonds is 5. The highest BCUT2D eigenvalue weighted by Gasteiger charge is 1.94. The number of allylic oxidation sites excluding steroid dienone is 3. The van der Waals surface area contributed by atoms with Crippen molar-refractivity contribution in [3.63, 3.8) is 0 Å². The van der Waals surface area contributed by atoms with Gasteiger partial charge in [0.05, 0.1) is 0 Å². The van der Waals surface area contributed by atoms with Crippen molar-refractivity contribution in [3.8, 4) is 0 Å². The maximum absolute atomic E-state index is 3.78. The molecule has 0 aromatic heterocycles. The summed E-state index contributed by atoms with van der Waals surface area (Å²) in [6.45, 7) is 9.54. The summed E-state index contributed by atoms with van der Waals surface area (Å²) in [6, 6.07) is 0.451. The van der Waals surface area contributed by atoms with Gasteiger partial charge in [-0.15, -0.1) is 0 Å². The van der Waals surface area contributed by atoms with Crippen LogP contribution in [0.1, 0.15) is 13.3 Å². The zero-order chi connectivity index (χ0) is 8.69. The first-order valence-electron chi connectivity index (χ1n) is 3.91. The SMILES string of the molecule is C=CC(=C)/C=C\C(CC)NC. The van der Waals surface area contributed by atoms with Crippen LogP contribution in [0.15, 0.2) is 37.0 Å². The Morgan fingerprint density at radius 3 is 2.64 bits per heavy atom. The lowest BCUT2D eigenvalue weighted by molar-refractivity contribution is 0.647. The molecule has 1 unspecified atom stereocenters. The molecule has 0 rings (SSSR count). The van der Waals surface area contributed by atoms with Crippen LogP contribution in [0.4, 0.5) is 0 Å². The van der Waals surface area contributed by atoms with Crippen molar-refractivity contribution >= 4 is 0 Å². The van der Waals surface area contributed by atoms with E-state index in [-0.39, 0.29) is 0 Å². The van der Waals surface area contributed by atoms with Crippen LogP contribution in [-0.4, -0.2) is 13.1 Å². The van der Waals surface area contributed by atoms with E-state index in [2.05, 4.69) is 31.5 Å². The molecule has 0 spiro atoms. The van der Waals surface area contributed by atoms with Gasteiger partial charge in [0.1, 0.15) is 0 Å². The fraction of sp³-hybridized carbons (Fsp3) is 0.400. The van der Waals surface area contributed by atoms with Crippen LogP contribution in [0.5, 0.6) is 0 Å². The van der Waals surface area contributed by atoms with Gasteiger partial charge in [-0.2, -0.15) is 0 Å². The maximum atomic E-state index is 3.78. The van der Waals surface area contributed by atoms with E-state index in [1.54, 1.807) is 6.08 Å². The van der Waals surface area contributed by atoms with E-state index in [1.165, 1.54) is 0 Å². The van der Waals surface area contributed by atoms with E-state index in [9.17, 15) is 0 Å². The molecule has 0 heterocycles. The number of hydrogen-bond acceptors (Lipinski definition) is 1.